The second-order valence-corrected chi connectivity index (χ2v) is 6.40. The minimum absolute atomic E-state index is 0.282. The van der Waals surface area contributed by atoms with E-state index >= 15 is 0 Å². The minimum atomic E-state index is 0.282. The number of hydrogen-bond donors (Lipinski definition) is 0. The summed E-state index contributed by atoms with van der Waals surface area (Å²) < 4.78 is 2.29. The quantitative estimate of drug-likeness (QED) is 0.766. The molecule has 0 aromatic carbocycles. The zero-order chi connectivity index (χ0) is 13.5. The van der Waals surface area contributed by atoms with Crippen molar-refractivity contribution in [2.75, 3.05) is 0 Å². The van der Waals surface area contributed by atoms with E-state index in [1.807, 2.05) is 18.3 Å². The van der Waals surface area contributed by atoms with Gasteiger partial charge in [-0.1, -0.05) is 26.7 Å². The predicted octanol–water partition coefficient (Wildman–Crippen LogP) is 4.31. The van der Waals surface area contributed by atoms with Gasteiger partial charge in [0.25, 0.3) is 0 Å². The normalized spacial score (nSPS) is 22.8. The fraction of sp³-hybridized carbons (Fsp3) is 0.600. The number of alkyl halides is 1. The van der Waals surface area contributed by atoms with Crippen LogP contribution >= 0.6 is 11.6 Å². The Kier molecular flexibility index (Phi) is 3.25. The third-order valence-electron chi connectivity index (χ3n) is 4.40. The molecule has 1 aliphatic carbocycles. The van der Waals surface area contributed by atoms with Crippen LogP contribution < -0.4 is 0 Å². The summed E-state index contributed by atoms with van der Waals surface area (Å²) in [6, 6.07) is 4.41. The molecule has 3 nitrogen and oxygen atoms in total. The fourth-order valence-corrected chi connectivity index (χ4v) is 3.54. The van der Waals surface area contributed by atoms with Crippen LogP contribution in [0.25, 0.3) is 11.2 Å². The van der Waals surface area contributed by atoms with Crippen LogP contribution in [0.4, 0.5) is 0 Å². The zero-order valence-electron chi connectivity index (χ0n) is 11.6. The molecule has 2 aromatic rings. The van der Waals surface area contributed by atoms with Crippen LogP contribution in [0, 0.1) is 5.41 Å². The van der Waals surface area contributed by atoms with E-state index in [9.17, 15) is 0 Å². The van der Waals surface area contributed by atoms with Gasteiger partial charge >= 0.3 is 0 Å². The van der Waals surface area contributed by atoms with Crippen molar-refractivity contribution in [2.24, 2.45) is 5.41 Å². The van der Waals surface area contributed by atoms with E-state index in [0.717, 1.165) is 17.0 Å². The third kappa shape index (κ3) is 2.14. The highest BCUT2D eigenvalue weighted by Crippen LogP contribution is 2.45. The molecule has 0 N–H and O–H groups in total. The van der Waals surface area contributed by atoms with Crippen molar-refractivity contribution in [1.29, 1.82) is 0 Å². The maximum absolute atomic E-state index is 6.10. The Bertz CT molecular complexity index is 588. The maximum Gasteiger partial charge on any atom is 0.160 e. The SMILES string of the molecule is CC1(C)CCCCC1n1c(CCl)nc2cccnc21. The summed E-state index contributed by atoms with van der Waals surface area (Å²) >= 11 is 6.10. The van der Waals surface area contributed by atoms with Crippen LogP contribution in [0.2, 0.25) is 0 Å². The first kappa shape index (κ1) is 12.9. The molecule has 4 heteroatoms. The largest absolute Gasteiger partial charge is 0.308 e. The topological polar surface area (TPSA) is 30.7 Å². The highest BCUT2D eigenvalue weighted by Gasteiger charge is 2.35. The summed E-state index contributed by atoms with van der Waals surface area (Å²) in [5.74, 6) is 1.40. The molecule has 0 amide bonds. The number of rotatable bonds is 2. The summed E-state index contributed by atoms with van der Waals surface area (Å²) in [4.78, 5) is 9.17. The average molecular weight is 278 g/mol. The Balaban J connectivity index is 2.17. The number of pyridine rings is 1. The van der Waals surface area contributed by atoms with Gasteiger partial charge in [0.15, 0.2) is 5.65 Å². The van der Waals surface area contributed by atoms with Gasteiger partial charge in [-0.05, 0) is 30.4 Å². The Morgan fingerprint density at radius 1 is 1.42 bits per heavy atom. The van der Waals surface area contributed by atoms with Crippen LogP contribution in [-0.2, 0) is 5.88 Å². The van der Waals surface area contributed by atoms with Crippen LogP contribution in [0.15, 0.2) is 18.3 Å². The Morgan fingerprint density at radius 2 is 2.26 bits per heavy atom. The first-order chi connectivity index (χ1) is 9.13. The van der Waals surface area contributed by atoms with Crippen LogP contribution in [0.3, 0.4) is 0 Å². The average Bonchev–Trinajstić information content (AvgIpc) is 2.76. The van der Waals surface area contributed by atoms with Gasteiger partial charge in [0.1, 0.15) is 11.3 Å². The molecule has 0 spiro atoms. The highest BCUT2D eigenvalue weighted by atomic mass is 35.5. The molecule has 2 heterocycles. The van der Waals surface area contributed by atoms with E-state index in [0.29, 0.717) is 11.9 Å². The van der Waals surface area contributed by atoms with Crippen molar-refractivity contribution in [1.82, 2.24) is 14.5 Å². The van der Waals surface area contributed by atoms with E-state index in [2.05, 4.69) is 28.4 Å². The van der Waals surface area contributed by atoms with Gasteiger partial charge in [-0.15, -0.1) is 11.6 Å². The standard InChI is InChI=1S/C15H20ClN3/c1-15(2)8-4-3-7-12(15)19-13(10-16)18-11-6-5-9-17-14(11)19/h5-6,9,12H,3-4,7-8,10H2,1-2H3. The van der Waals surface area contributed by atoms with Crippen molar-refractivity contribution in [2.45, 2.75) is 51.5 Å². The lowest BCUT2D eigenvalue weighted by Gasteiger charge is -2.40. The number of nitrogens with zero attached hydrogens (tertiary/aromatic N) is 3. The summed E-state index contributed by atoms with van der Waals surface area (Å²) in [5, 5.41) is 0. The van der Waals surface area contributed by atoms with E-state index in [1.165, 1.54) is 25.7 Å². The van der Waals surface area contributed by atoms with Crippen LogP contribution in [0.5, 0.6) is 0 Å². The van der Waals surface area contributed by atoms with Gasteiger partial charge < -0.3 is 4.57 Å². The van der Waals surface area contributed by atoms with Gasteiger partial charge in [0.05, 0.1) is 5.88 Å². The van der Waals surface area contributed by atoms with Gasteiger partial charge in [0.2, 0.25) is 0 Å². The first-order valence-electron chi connectivity index (χ1n) is 7.01. The minimum Gasteiger partial charge on any atom is -0.308 e. The number of hydrogen-bond acceptors (Lipinski definition) is 2. The molecule has 2 aromatic heterocycles. The van der Waals surface area contributed by atoms with Crippen molar-refractivity contribution >= 4 is 22.8 Å². The van der Waals surface area contributed by atoms with Gasteiger partial charge in [-0.2, -0.15) is 0 Å². The summed E-state index contributed by atoms with van der Waals surface area (Å²) in [6.45, 7) is 4.70. The molecule has 0 bridgehead atoms. The molecule has 102 valence electrons. The molecule has 0 saturated heterocycles. The van der Waals surface area contributed by atoms with Gasteiger partial charge in [-0.25, -0.2) is 9.97 Å². The van der Waals surface area contributed by atoms with Crippen molar-refractivity contribution < 1.29 is 0 Å². The Labute approximate surface area is 119 Å². The molecule has 1 saturated carbocycles. The smallest absolute Gasteiger partial charge is 0.160 e. The molecule has 3 rings (SSSR count). The summed E-state index contributed by atoms with van der Waals surface area (Å²) in [6.07, 6.45) is 6.89. The van der Waals surface area contributed by atoms with E-state index < -0.39 is 0 Å². The molecule has 1 fully saturated rings. The van der Waals surface area contributed by atoms with Crippen LogP contribution in [0.1, 0.15) is 51.4 Å². The number of halogens is 1. The van der Waals surface area contributed by atoms with Crippen molar-refractivity contribution in [3.05, 3.63) is 24.2 Å². The maximum atomic E-state index is 6.10. The molecule has 0 radical (unpaired) electrons. The lowest BCUT2D eigenvalue weighted by molar-refractivity contribution is 0.145. The fourth-order valence-electron chi connectivity index (χ4n) is 3.35. The molecular weight excluding hydrogens is 258 g/mol. The Hall–Kier alpha value is -1.09. The van der Waals surface area contributed by atoms with Crippen LogP contribution in [-0.4, -0.2) is 14.5 Å². The van der Waals surface area contributed by atoms with E-state index in [4.69, 9.17) is 11.6 Å². The summed E-state index contributed by atoms with van der Waals surface area (Å²) in [5.41, 5.74) is 2.22. The molecule has 0 aliphatic heterocycles. The first-order valence-corrected chi connectivity index (χ1v) is 7.55. The second-order valence-electron chi connectivity index (χ2n) is 6.13. The highest BCUT2D eigenvalue weighted by molar-refractivity contribution is 6.16. The molecule has 1 aliphatic rings. The van der Waals surface area contributed by atoms with E-state index in [-0.39, 0.29) is 5.41 Å². The number of fused-ring (bicyclic) bond motifs is 1. The zero-order valence-corrected chi connectivity index (χ0v) is 12.3. The Morgan fingerprint density at radius 3 is 3.00 bits per heavy atom. The number of imidazole rings is 1. The lowest BCUT2D eigenvalue weighted by atomic mass is 9.73. The van der Waals surface area contributed by atoms with Gasteiger partial charge in [-0.3, -0.25) is 0 Å². The molecule has 19 heavy (non-hydrogen) atoms. The lowest BCUT2D eigenvalue weighted by Crippen LogP contribution is -2.31. The van der Waals surface area contributed by atoms with Crippen molar-refractivity contribution in [3.8, 4) is 0 Å². The van der Waals surface area contributed by atoms with Gasteiger partial charge in [0, 0.05) is 12.2 Å². The summed E-state index contributed by atoms with van der Waals surface area (Å²) in [7, 11) is 0. The molecule has 1 atom stereocenters. The monoisotopic (exact) mass is 277 g/mol. The molecular formula is C15H20ClN3. The predicted molar refractivity (Wildman–Crippen MR) is 78.4 cm³/mol. The van der Waals surface area contributed by atoms with E-state index in [1.54, 1.807) is 0 Å². The number of aromatic nitrogens is 3. The molecule has 1 unspecified atom stereocenters. The third-order valence-corrected chi connectivity index (χ3v) is 4.64. The second kappa shape index (κ2) is 4.78. The van der Waals surface area contributed by atoms with Crippen molar-refractivity contribution in [3.63, 3.8) is 0 Å².